The van der Waals surface area contributed by atoms with Crippen molar-refractivity contribution < 1.29 is 19.1 Å². The molecule has 2 N–H and O–H groups in total. The Morgan fingerprint density at radius 2 is 1.89 bits per heavy atom. The van der Waals surface area contributed by atoms with Gasteiger partial charge in [0.1, 0.15) is 11.4 Å². The van der Waals surface area contributed by atoms with Crippen molar-refractivity contribution in [2.75, 3.05) is 7.11 Å². The van der Waals surface area contributed by atoms with Gasteiger partial charge in [0, 0.05) is 5.56 Å². The van der Waals surface area contributed by atoms with Crippen LogP contribution < -0.4 is 10.5 Å². The summed E-state index contributed by atoms with van der Waals surface area (Å²) < 4.78 is 10.6. The van der Waals surface area contributed by atoms with Crippen LogP contribution in [0.3, 0.4) is 0 Å². The fourth-order valence-corrected chi connectivity index (χ4v) is 2.16. The Kier molecular flexibility index (Phi) is 3.74. The molecule has 0 aliphatic heterocycles. The van der Waals surface area contributed by atoms with Gasteiger partial charge >= 0.3 is 5.97 Å². The number of esters is 1. The van der Waals surface area contributed by atoms with E-state index in [0.717, 1.165) is 19.3 Å². The van der Waals surface area contributed by atoms with E-state index in [2.05, 4.69) is 4.74 Å². The summed E-state index contributed by atoms with van der Waals surface area (Å²) in [5, 5.41) is 0. The van der Waals surface area contributed by atoms with E-state index >= 15 is 0 Å². The van der Waals surface area contributed by atoms with Crippen LogP contribution in [0.4, 0.5) is 0 Å². The van der Waals surface area contributed by atoms with Gasteiger partial charge in [-0.05, 0) is 43.5 Å². The standard InChI is InChI=1S/C14H17NO4/c1-18-12(16)9-14(7-2-8-14)19-11-5-3-10(4-6-11)13(15)17/h3-6H,2,7-9H2,1H3,(H2,15,17). The van der Waals surface area contributed by atoms with Crippen LogP contribution in [-0.2, 0) is 9.53 Å². The second-order valence-electron chi connectivity index (χ2n) is 4.78. The molecule has 1 aliphatic rings. The van der Waals surface area contributed by atoms with Crippen molar-refractivity contribution in [2.24, 2.45) is 5.73 Å². The highest BCUT2D eigenvalue weighted by Crippen LogP contribution is 2.39. The SMILES string of the molecule is COC(=O)CC1(Oc2ccc(C(N)=O)cc2)CCC1. The number of methoxy groups -OCH3 is 1. The number of ether oxygens (including phenoxy) is 2. The van der Waals surface area contributed by atoms with Crippen molar-refractivity contribution in [2.45, 2.75) is 31.3 Å². The summed E-state index contributed by atoms with van der Waals surface area (Å²) in [7, 11) is 1.37. The molecule has 2 rings (SSSR count). The molecule has 0 aromatic heterocycles. The molecule has 0 atom stereocenters. The Bertz CT molecular complexity index is 477. The zero-order valence-electron chi connectivity index (χ0n) is 10.8. The molecule has 1 aromatic rings. The van der Waals surface area contributed by atoms with E-state index < -0.39 is 11.5 Å². The first-order valence-electron chi connectivity index (χ1n) is 6.20. The van der Waals surface area contributed by atoms with E-state index in [1.807, 2.05) is 0 Å². The average molecular weight is 263 g/mol. The van der Waals surface area contributed by atoms with Crippen LogP contribution in [0, 0.1) is 0 Å². The van der Waals surface area contributed by atoms with Gasteiger partial charge in [0.25, 0.3) is 0 Å². The third kappa shape index (κ3) is 3.05. The zero-order chi connectivity index (χ0) is 13.9. The van der Waals surface area contributed by atoms with Crippen LogP contribution in [0.2, 0.25) is 0 Å². The Morgan fingerprint density at radius 3 is 2.32 bits per heavy atom. The summed E-state index contributed by atoms with van der Waals surface area (Å²) in [6.07, 6.45) is 2.96. The zero-order valence-corrected chi connectivity index (χ0v) is 10.8. The van der Waals surface area contributed by atoms with Gasteiger partial charge in [0.15, 0.2) is 0 Å². The molecule has 102 valence electrons. The van der Waals surface area contributed by atoms with Crippen molar-refractivity contribution >= 4 is 11.9 Å². The van der Waals surface area contributed by atoms with Gasteiger partial charge in [-0.1, -0.05) is 0 Å². The minimum absolute atomic E-state index is 0.251. The van der Waals surface area contributed by atoms with E-state index in [0.29, 0.717) is 11.3 Å². The third-order valence-electron chi connectivity index (χ3n) is 3.43. The number of primary amides is 1. The molecule has 0 radical (unpaired) electrons. The number of hydrogen-bond donors (Lipinski definition) is 1. The van der Waals surface area contributed by atoms with Gasteiger partial charge in [0.2, 0.25) is 5.91 Å². The van der Waals surface area contributed by atoms with Crippen LogP contribution in [0.5, 0.6) is 5.75 Å². The number of rotatable bonds is 5. The minimum Gasteiger partial charge on any atom is -0.487 e. The topological polar surface area (TPSA) is 78.6 Å². The Hall–Kier alpha value is -2.04. The molecule has 0 spiro atoms. The fraction of sp³-hybridized carbons (Fsp3) is 0.429. The van der Waals surface area contributed by atoms with Gasteiger partial charge < -0.3 is 15.2 Å². The molecule has 0 unspecified atom stereocenters. The normalized spacial score (nSPS) is 16.3. The first kappa shape index (κ1) is 13.4. The largest absolute Gasteiger partial charge is 0.487 e. The van der Waals surface area contributed by atoms with Gasteiger partial charge in [-0.15, -0.1) is 0 Å². The molecular weight excluding hydrogens is 246 g/mol. The van der Waals surface area contributed by atoms with Gasteiger partial charge in [-0.2, -0.15) is 0 Å². The maximum absolute atomic E-state index is 11.4. The number of carbonyl (C=O) groups is 2. The van der Waals surface area contributed by atoms with Crippen molar-refractivity contribution in [1.29, 1.82) is 0 Å². The lowest BCUT2D eigenvalue weighted by Crippen LogP contribution is -2.45. The van der Waals surface area contributed by atoms with Gasteiger partial charge in [-0.3, -0.25) is 9.59 Å². The van der Waals surface area contributed by atoms with E-state index in [9.17, 15) is 9.59 Å². The summed E-state index contributed by atoms with van der Waals surface area (Å²) in [5.41, 5.74) is 5.15. The first-order chi connectivity index (χ1) is 9.04. The summed E-state index contributed by atoms with van der Waals surface area (Å²) >= 11 is 0. The Balaban J connectivity index is 2.06. The highest BCUT2D eigenvalue weighted by Gasteiger charge is 2.41. The lowest BCUT2D eigenvalue weighted by atomic mass is 9.77. The van der Waals surface area contributed by atoms with E-state index in [1.165, 1.54) is 7.11 Å². The fourth-order valence-electron chi connectivity index (χ4n) is 2.16. The number of benzene rings is 1. The molecule has 1 fully saturated rings. The molecule has 0 heterocycles. The minimum atomic E-state index is -0.473. The van der Waals surface area contributed by atoms with Crippen LogP contribution in [0.25, 0.3) is 0 Å². The van der Waals surface area contributed by atoms with Crippen LogP contribution in [-0.4, -0.2) is 24.6 Å². The monoisotopic (exact) mass is 263 g/mol. The second kappa shape index (κ2) is 5.30. The first-order valence-corrected chi connectivity index (χ1v) is 6.20. The van der Waals surface area contributed by atoms with Crippen molar-refractivity contribution in [3.63, 3.8) is 0 Å². The smallest absolute Gasteiger partial charge is 0.309 e. The van der Waals surface area contributed by atoms with E-state index in [1.54, 1.807) is 24.3 Å². The molecule has 1 amide bonds. The number of nitrogens with two attached hydrogens (primary N) is 1. The molecule has 19 heavy (non-hydrogen) atoms. The summed E-state index contributed by atoms with van der Waals surface area (Å²) in [6, 6.07) is 6.61. The van der Waals surface area contributed by atoms with Crippen LogP contribution >= 0.6 is 0 Å². The van der Waals surface area contributed by atoms with Gasteiger partial charge in [0.05, 0.1) is 13.5 Å². The molecular formula is C14H17NO4. The van der Waals surface area contributed by atoms with Crippen molar-refractivity contribution in [3.05, 3.63) is 29.8 Å². The lowest BCUT2D eigenvalue weighted by molar-refractivity contribution is -0.148. The summed E-state index contributed by atoms with van der Waals surface area (Å²) in [4.78, 5) is 22.4. The quantitative estimate of drug-likeness (QED) is 0.819. The predicted octanol–water partition coefficient (Wildman–Crippen LogP) is 1.65. The molecule has 1 aromatic carbocycles. The van der Waals surface area contributed by atoms with Crippen LogP contribution in [0.15, 0.2) is 24.3 Å². The van der Waals surface area contributed by atoms with Crippen LogP contribution in [0.1, 0.15) is 36.0 Å². The highest BCUT2D eigenvalue weighted by molar-refractivity contribution is 5.92. The molecule has 1 saturated carbocycles. The Morgan fingerprint density at radius 1 is 1.26 bits per heavy atom. The molecule has 0 bridgehead atoms. The van der Waals surface area contributed by atoms with E-state index in [-0.39, 0.29) is 12.4 Å². The maximum Gasteiger partial charge on any atom is 0.309 e. The highest BCUT2D eigenvalue weighted by atomic mass is 16.5. The maximum atomic E-state index is 11.4. The Labute approximate surface area is 111 Å². The molecule has 0 saturated heterocycles. The van der Waals surface area contributed by atoms with Gasteiger partial charge in [-0.25, -0.2) is 0 Å². The molecule has 5 nitrogen and oxygen atoms in total. The number of amides is 1. The average Bonchev–Trinajstić information content (AvgIpc) is 2.36. The summed E-state index contributed by atoms with van der Waals surface area (Å²) in [5.74, 6) is -0.110. The number of carbonyl (C=O) groups excluding carboxylic acids is 2. The van der Waals surface area contributed by atoms with Crippen molar-refractivity contribution in [1.82, 2.24) is 0 Å². The predicted molar refractivity (Wildman–Crippen MR) is 68.8 cm³/mol. The lowest BCUT2D eigenvalue weighted by Gasteiger charge is -2.41. The molecule has 5 heteroatoms. The number of hydrogen-bond acceptors (Lipinski definition) is 4. The molecule has 1 aliphatic carbocycles. The summed E-state index contributed by atoms with van der Waals surface area (Å²) in [6.45, 7) is 0. The van der Waals surface area contributed by atoms with E-state index in [4.69, 9.17) is 10.5 Å². The van der Waals surface area contributed by atoms with Crippen molar-refractivity contribution in [3.8, 4) is 5.75 Å². The second-order valence-corrected chi connectivity index (χ2v) is 4.78. The third-order valence-corrected chi connectivity index (χ3v) is 3.43.